The molecule has 2 heterocycles. The van der Waals surface area contributed by atoms with Crippen molar-refractivity contribution in [2.45, 2.75) is 140 Å². The molecule has 4 heteroatoms. The lowest BCUT2D eigenvalue weighted by atomic mass is 9.43. The molecular formula is C46H62N2P2. The molecule has 0 amide bonds. The number of hydrogen-bond acceptors (Lipinski definition) is 2. The van der Waals surface area contributed by atoms with Gasteiger partial charge in [-0.3, -0.25) is 9.97 Å². The molecule has 2 aromatic heterocycles. The van der Waals surface area contributed by atoms with Crippen LogP contribution in [0.5, 0.6) is 0 Å². The summed E-state index contributed by atoms with van der Waals surface area (Å²) >= 11 is 0. The second-order valence-corrected chi connectivity index (χ2v) is 24.8. The van der Waals surface area contributed by atoms with Crippen molar-refractivity contribution >= 4 is 17.2 Å². The Hall–Kier alpha value is -1.62. The van der Waals surface area contributed by atoms with Crippen LogP contribution < -0.4 is 0 Å². The molecule has 2 nitrogen and oxygen atoms in total. The SMILES string of the molecule is CC(C)(C)C12CC3CC(CC(P(Cc4ccccc4C(P)(c4ccccn4)c4ccccn4)C45CC6CC(C4)CC(C(C)(C)C)(C6)C5)(C3)C1)C2. The predicted octanol–water partition coefficient (Wildman–Crippen LogP) is 12.4. The summed E-state index contributed by atoms with van der Waals surface area (Å²) < 4.78 is 0. The third-order valence-electron chi connectivity index (χ3n) is 16.3. The Bertz CT molecular complexity index is 1610. The van der Waals surface area contributed by atoms with Crippen LogP contribution in [-0.4, -0.2) is 20.3 Å². The Labute approximate surface area is 307 Å². The van der Waals surface area contributed by atoms with Crippen LogP contribution in [0.1, 0.15) is 141 Å². The minimum atomic E-state index is -0.498. The second-order valence-electron chi connectivity index (χ2n) is 20.9. The van der Waals surface area contributed by atoms with Gasteiger partial charge in [0.2, 0.25) is 0 Å². The van der Waals surface area contributed by atoms with Gasteiger partial charge in [0.1, 0.15) is 0 Å². The van der Waals surface area contributed by atoms with Crippen molar-refractivity contribution in [1.82, 2.24) is 9.97 Å². The zero-order valence-corrected chi connectivity index (χ0v) is 33.9. The molecule has 5 atom stereocenters. The Morgan fingerprint density at radius 2 is 1.02 bits per heavy atom. The van der Waals surface area contributed by atoms with E-state index in [1.54, 1.807) is 5.56 Å². The predicted molar refractivity (Wildman–Crippen MR) is 214 cm³/mol. The summed E-state index contributed by atoms with van der Waals surface area (Å²) in [6, 6.07) is 22.5. The van der Waals surface area contributed by atoms with Crippen molar-refractivity contribution in [2.75, 3.05) is 0 Å². The van der Waals surface area contributed by atoms with Crippen molar-refractivity contribution in [3.05, 3.63) is 95.6 Å². The van der Waals surface area contributed by atoms with Crippen LogP contribution in [0.2, 0.25) is 0 Å². The second kappa shape index (κ2) is 11.4. The Morgan fingerprint density at radius 1 is 0.600 bits per heavy atom. The van der Waals surface area contributed by atoms with E-state index < -0.39 is 5.16 Å². The average Bonchev–Trinajstić information content (AvgIpc) is 3.05. The molecule has 0 radical (unpaired) electrons. The maximum Gasteiger partial charge on any atom is 0.0935 e. The topological polar surface area (TPSA) is 25.8 Å². The summed E-state index contributed by atoms with van der Waals surface area (Å²) in [6.07, 6.45) is 23.2. The molecule has 50 heavy (non-hydrogen) atoms. The van der Waals surface area contributed by atoms with E-state index in [0.29, 0.717) is 32.0 Å². The van der Waals surface area contributed by atoms with E-state index in [4.69, 9.17) is 9.97 Å². The third-order valence-corrected chi connectivity index (χ3v) is 21.2. The van der Waals surface area contributed by atoms with Gasteiger partial charge in [0.05, 0.1) is 16.5 Å². The Kier molecular flexibility index (Phi) is 7.82. The van der Waals surface area contributed by atoms with Gasteiger partial charge in [-0.2, -0.15) is 0 Å². The van der Waals surface area contributed by atoms with Gasteiger partial charge < -0.3 is 0 Å². The summed E-state index contributed by atoms with van der Waals surface area (Å²) in [4.78, 5) is 10.1. The molecule has 0 saturated heterocycles. The highest BCUT2D eigenvalue weighted by molar-refractivity contribution is 7.60. The minimum Gasteiger partial charge on any atom is -0.260 e. The number of rotatable bonds is 7. The first-order valence-corrected chi connectivity index (χ1v) is 22.3. The van der Waals surface area contributed by atoms with Gasteiger partial charge in [-0.25, -0.2) is 0 Å². The first kappa shape index (κ1) is 34.2. The monoisotopic (exact) mass is 704 g/mol. The van der Waals surface area contributed by atoms with Crippen LogP contribution in [0, 0.1) is 45.3 Å². The lowest BCUT2D eigenvalue weighted by Crippen LogP contribution is -2.63. The molecule has 266 valence electrons. The van der Waals surface area contributed by atoms with Gasteiger partial charge in [0.25, 0.3) is 0 Å². The number of hydrogen-bond donors (Lipinski definition) is 0. The van der Waals surface area contributed by atoms with E-state index in [9.17, 15) is 0 Å². The lowest BCUT2D eigenvalue weighted by molar-refractivity contribution is -0.113. The maximum atomic E-state index is 5.05. The molecule has 0 aliphatic heterocycles. The van der Waals surface area contributed by atoms with Crippen molar-refractivity contribution in [3.8, 4) is 0 Å². The van der Waals surface area contributed by atoms with Gasteiger partial charge >= 0.3 is 0 Å². The molecule has 11 rings (SSSR count). The van der Waals surface area contributed by atoms with Gasteiger partial charge in [0, 0.05) is 12.4 Å². The Morgan fingerprint density at radius 3 is 1.42 bits per heavy atom. The molecule has 1 aromatic carbocycles. The molecule has 8 aliphatic carbocycles. The zero-order valence-electron chi connectivity index (χ0n) is 31.8. The van der Waals surface area contributed by atoms with E-state index in [-0.39, 0.29) is 7.92 Å². The van der Waals surface area contributed by atoms with Crippen molar-refractivity contribution < 1.29 is 0 Å². The summed E-state index contributed by atoms with van der Waals surface area (Å²) in [5.41, 5.74) is 6.88. The molecule has 0 N–H and O–H groups in total. The summed E-state index contributed by atoms with van der Waals surface area (Å²) in [7, 11) is 3.02. The maximum absolute atomic E-state index is 5.05. The van der Waals surface area contributed by atoms with Crippen LogP contribution >= 0.6 is 17.2 Å². The average molecular weight is 705 g/mol. The smallest absolute Gasteiger partial charge is 0.0935 e. The number of benzene rings is 1. The fourth-order valence-electron chi connectivity index (χ4n) is 14.5. The van der Waals surface area contributed by atoms with E-state index in [0.717, 1.165) is 35.1 Å². The quantitative estimate of drug-likeness (QED) is 0.229. The standard InChI is InChI=1S/C46H62N2P2/c1-40(2,3)42-21-32-19-33(22-42)26-44(25-32,30-42)50(45-27-34-20-35(28-45)24-43(23-34,31-45)41(4,5)6)29-36-13-7-8-14-37(36)46(49,38-15-9-11-17-47-38)39-16-10-12-18-48-39/h7-18,32-35H,19-31,49H2,1-6H3. The van der Waals surface area contributed by atoms with Gasteiger partial charge in [0.15, 0.2) is 0 Å². The highest BCUT2D eigenvalue weighted by Crippen LogP contribution is 2.84. The first-order valence-electron chi connectivity index (χ1n) is 20.2. The van der Waals surface area contributed by atoms with Crippen LogP contribution in [0.4, 0.5) is 0 Å². The van der Waals surface area contributed by atoms with Crippen LogP contribution in [0.25, 0.3) is 0 Å². The summed E-state index contributed by atoms with van der Waals surface area (Å²) in [5.74, 6) is 3.74. The van der Waals surface area contributed by atoms with Crippen LogP contribution in [-0.2, 0) is 11.3 Å². The molecule has 8 bridgehead atoms. The molecule has 8 aliphatic rings. The number of nitrogens with zero attached hydrogens (tertiary/aromatic N) is 2. The molecule has 3 aromatic rings. The van der Waals surface area contributed by atoms with Crippen molar-refractivity contribution in [1.29, 1.82) is 0 Å². The minimum absolute atomic E-state index is 0.294. The largest absolute Gasteiger partial charge is 0.260 e. The van der Waals surface area contributed by atoms with Gasteiger partial charge in [-0.1, -0.05) is 85.9 Å². The van der Waals surface area contributed by atoms with Crippen molar-refractivity contribution in [2.24, 2.45) is 45.3 Å². The fraction of sp³-hybridized carbons (Fsp3) is 0.652. The van der Waals surface area contributed by atoms with Crippen molar-refractivity contribution in [3.63, 3.8) is 0 Å². The van der Waals surface area contributed by atoms with Crippen LogP contribution in [0.3, 0.4) is 0 Å². The summed E-state index contributed by atoms with van der Waals surface area (Å²) in [5, 5.41) is 0.510. The number of pyridine rings is 2. The van der Waals surface area contributed by atoms with Crippen LogP contribution in [0.15, 0.2) is 73.1 Å². The van der Waals surface area contributed by atoms with Gasteiger partial charge in [-0.05, 0) is 174 Å². The Balaban J connectivity index is 1.23. The first-order chi connectivity index (χ1) is 23.7. The number of aromatic nitrogens is 2. The van der Waals surface area contributed by atoms with E-state index in [2.05, 4.69) is 99.3 Å². The van der Waals surface area contributed by atoms with E-state index >= 15 is 0 Å². The highest BCUT2D eigenvalue weighted by atomic mass is 31.1. The molecular weight excluding hydrogens is 642 g/mol. The third kappa shape index (κ3) is 5.06. The zero-order chi connectivity index (χ0) is 34.8. The molecule has 0 spiro atoms. The summed E-state index contributed by atoms with van der Waals surface area (Å²) in [6.45, 7) is 15.7. The normalized spacial score (nSPS) is 38.1. The molecule has 8 fully saturated rings. The van der Waals surface area contributed by atoms with E-state index in [1.807, 2.05) is 24.5 Å². The van der Waals surface area contributed by atoms with E-state index in [1.165, 1.54) is 88.8 Å². The van der Waals surface area contributed by atoms with Gasteiger partial charge in [-0.15, -0.1) is 9.24 Å². The molecule has 5 unspecified atom stereocenters. The molecule has 8 saturated carbocycles. The lowest BCUT2D eigenvalue weighted by Gasteiger charge is -2.74. The fourth-order valence-corrected chi connectivity index (χ4v) is 20.3. The highest BCUT2D eigenvalue weighted by Gasteiger charge is 2.69.